The molecule has 0 saturated carbocycles. The molecule has 4 amide bonds. The molecule has 1 unspecified atom stereocenters. The van der Waals surface area contributed by atoms with Crippen molar-refractivity contribution in [2.24, 2.45) is 0 Å². The van der Waals surface area contributed by atoms with E-state index in [-0.39, 0.29) is 37.1 Å². The number of hydrogen-bond acceptors (Lipinski definition) is 4. The molecule has 0 aliphatic carbocycles. The van der Waals surface area contributed by atoms with Crippen molar-refractivity contribution in [3.8, 4) is 0 Å². The van der Waals surface area contributed by atoms with Gasteiger partial charge in [-0.3, -0.25) is 4.79 Å². The highest BCUT2D eigenvalue weighted by Gasteiger charge is 2.31. The lowest BCUT2D eigenvalue weighted by Crippen LogP contribution is -2.46. The smallest absolute Gasteiger partial charge is 0.407 e. The summed E-state index contributed by atoms with van der Waals surface area (Å²) in [5, 5.41) is 7.95. The highest BCUT2D eigenvalue weighted by Crippen LogP contribution is 2.13. The number of alkyl carbamates (subject to hydrolysis) is 1. The summed E-state index contributed by atoms with van der Waals surface area (Å²) in [6.07, 6.45) is -0.199. The van der Waals surface area contributed by atoms with E-state index in [0.29, 0.717) is 13.0 Å². The van der Waals surface area contributed by atoms with Crippen LogP contribution in [0.1, 0.15) is 41.0 Å². The minimum Gasteiger partial charge on any atom is -0.444 e. The summed E-state index contributed by atoms with van der Waals surface area (Å²) >= 11 is 0. The van der Waals surface area contributed by atoms with Crippen LogP contribution in [-0.2, 0) is 9.53 Å². The van der Waals surface area contributed by atoms with Crippen LogP contribution in [0, 0.1) is 0 Å². The third-order valence-corrected chi connectivity index (χ3v) is 3.20. The average Bonchev–Trinajstić information content (AvgIpc) is 2.73. The Morgan fingerprint density at radius 3 is 2.39 bits per heavy atom. The van der Waals surface area contributed by atoms with Gasteiger partial charge in [-0.1, -0.05) is 0 Å². The van der Waals surface area contributed by atoms with Crippen molar-refractivity contribution >= 4 is 18.0 Å². The topological polar surface area (TPSA) is 99.8 Å². The van der Waals surface area contributed by atoms with E-state index in [9.17, 15) is 14.4 Å². The molecule has 8 nitrogen and oxygen atoms in total. The predicted octanol–water partition coefficient (Wildman–Crippen LogP) is 0.820. The van der Waals surface area contributed by atoms with Crippen molar-refractivity contribution in [3.63, 3.8) is 0 Å². The van der Waals surface area contributed by atoms with Crippen LogP contribution >= 0.6 is 0 Å². The fourth-order valence-corrected chi connectivity index (χ4v) is 2.22. The molecule has 1 atom stereocenters. The van der Waals surface area contributed by atoms with Crippen molar-refractivity contribution in [2.75, 3.05) is 19.6 Å². The van der Waals surface area contributed by atoms with Gasteiger partial charge in [0.1, 0.15) is 5.60 Å². The van der Waals surface area contributed by atoms with Gasteiger partial charge in [0.05, 0.1) is 6.04 Å². The second kappa shape index (κ2) is 8.03. The van der Waals surface area contributed by atoms with E-state index >= 15 is 0 Å². The summed E-state index contributed by atoms with van der Waals surface area (Å²) in [6, 6.07) is -0.390. The van der Waals surface area contributed by atoms with Crippen molar-refractivity contribution in [1.29, 1.82) is 0 Å². The number of ether oxygens (including phenoxy) is 1. The lowest BCUT2D eigenvalue weighted by molar-refractivity contribution is -0.129. The zero-order valence-electron chi connectivity index (χ0n) is 14.6. The number of carbonyl (C=O) groups is 3. The van der Waals surface area contributed by atoms with Gasteiger partial charge in [0.15, 0.2) is 0 Å². The summed E-state index contributed by atoms with van der Waals surface area (Å²) in [7, 11) is 0. The maximum atomic E-state index is 11.8. The van der Waals surface area contributed by atoms with E-state index in [1.165, 1.54) is 0 Å². The predicted molar refractivity (Wildman–Crippen MR) is 86.0 cm³/mol. The third kappa shape index (κ3) is 7.21. The third-order valence-electron chi connectivity index (χ3n) is 3.20. The average molecular weight is 328 g/mol. The molecule has 1 aliphatic heterocycles. The summed E-state index contributed by atoms with van der Waals surface area (Å²) in [6.45, 7) is 10.3. The van der Waals surface area contributed by atoms with Crippen molar-refractivity contribution in [1.82, 2.24) is 20.9 Å². The maximum Gasteiger partial charge on any atom is 0.407 e. The van der Waals surface area contributed by atoms with Crippen LogP contribution in [0.25, 0.3) is 0 Å². The molecule has 1 heterocycles. The second-order valence-electron chi connectivity index (χ2n) is 6.87. The van der Waals surface area contributed by atoms with Crippen LogP contribution in [-0.4, -0.2) is 60.3 Å². The Morgan fingerprint density at radius 1 is 1.26 bits per heavy atom. The first-order valence-electron chi connectivity index (χ1n) is 7.89. The first-order chi connectivity index (χ1) is 10.6. The van der Waals surface area contributed by atoms with Gasteiger partial charge >= 0.3 is 12.1 Å². The van der Waals surface area contributed by atoms with Crippen LogP contribution in [0.4, 0.5) is 9.59 Å². The number of nitrogens with one attached hydrogen (secondary N) is 3. The van der Waals surface area contributed by atoms with E-state index in [0.717, 1.165) is 0 Å². The Balaban J connectivity index is 2.18. The zero-order valence-corrected chi connectivity index (χ0v) is 14.6. The van der Waals surface area contributed by atoms with E-state index in [4.69, 9.17) is 4.74 Å². The number of urea groups is 1. The molecule has 132 valence electrons. The number of carbonyl (C=O) groups excluding carboxylic acids is 3. The minimum absolute atomic E-state index is 0.0527. The molecule has 0 bridgehead atoms. The molecular formula is C15H28N4O4. The highest BCUT2D eigenvalue weighted by molar-refractivity contribution is 5.81. The number of amides is 4. The molecule has 23 heavy (non-hydrogen) atoms. The maximum absolute atomic E-state index is 11.8. The second-order valence-corrected chi connectivity index (χ2v) is 6.87. The van der Waals surface area contributed by atoms with E-state index in [1.807, 2.05) is 13.8 Å². The normalized spacial score (nSPS) is 18.1. The van der Waals surface area contributed by atoms with Gasteiger partial charge in [-0.15, -0.1) is 0 Å². The van der Waals surface area contributed by atoms with Gasteiger partial charge in [0.25, 0.3) is 0 Å². The molecule has 0 spiro atoms. The molecule has 1 fully saturated rings. The van der Waals surface area contributed by atoms with Crippen molar-refractivity contribution in [2.45, 2.75) is 58.7 Å². The van der Waals surface area contributed by atoms with Gasteiger partial charge in [0.2, 0.25) is 5.91 Å². The molecule has 0 radical (unpaired) electrons. The molecule has 0 aromatic carbocycles. The summed E-state index contributed by atoms with van der Waals surface area (Å²) in [5.41, 5.74) is -0.549. The SMILES string of the molecule is CC(C)N1CC(NC(=O)NCCNC(=O)OC(C)(C)C)CC1=O. The van der Waals surface area contributed by atoms with Crippen molar-refractivity contribution in [3.05, 3.63) is 0 Å². The number of hydrogen-bond donors (Lipinski definition) is 3. The van der Waals surface area contributed by atoms with Crippen LogP contribution < -0.4 is 16.0 Å². The van der Waals surface area contributed by atoms with Gasteiger partial charge in [-0.05, 0) is 34.6 Å². The zero-order chi connectivity index (χ0) is 17.6. The molecule has 0 aromatic heterocycles. The Kier molecular flexibility index (Phi) is 6.65. The van der Waals surface area contributed by atoms with Crippen LogP contribution in [0.5, 0.6) is 0 Å². The molecular weight excluding hydrogens is 300 g/mol. The molecule has 0 aromatic rings. The lowest BCUT2D eigenvalue weighted by Gasteiger charge is -2.21. The fraction of sp³-hybridized carbons (Fsp3) is 0.800. The summed E-state index contributed by atoms with van der Waals surface area (Å²) < 4.78 is 5.08. The van der Waals surface area contributed by atoms with Crippen molar-refractivity contribution < 1.29 is 19.1 Å². The monoisotopic (exact) mass is 328 g/mol. The van der Waals surface area contributed by atoms with Gasteiger partial charge in [-0.2, -0.15) is 0 Å². The number of likely N-dealkylation sites (tertiary alicyclic amines) is 1. The minimum atomic E-state index is -0.549. The van der Waals surface area contributed by atoms with Gasteiger partial charge < -0.3 is 25.6 Å². The molecule has 1 saturated heterocycles. The molecule has 8 heteroatoms. The summed E-state index contributed by atoms with van der Waals surface area (Å²) in [4.78, 5) is 36.7. The van der Waals surface area contributed by atoms with Gasteiger partial charge in [0, 0.05) is 32.1 Å². The molecule has 1 rings (SSSR count). The number of rotatable bonds is 5. The van der Waals surface area contributed by atoms with Crippen LogP contribution in [0.2, 0.25) is 0 Å². The number of nitrogens with zero attached hydrogens (tertiary/aromatic N) is 1. The molecule has 3 N–H and O–H groups in total. The Morgan fingerprint density at radius 2 is 1.87 bits per heavy atom. The highest BCUT2D eigenvalue weighted by atomic mass is 16.6. The van der Waals surface area contributed by atoms with Crippen LogP contribution in [0.3, 0.4) is 0 Å². The standard InChI is InChI=1S/C15H28N4O4/c1-10(2)19-9-11(8-12(19)20)18-13(21)16-6-7-17-14(22)23-15(3,4)5/h10-11H,6-9H2,1-5H3,(H,17,22)(H2,16,18,21). The Bertz CT molecular complexity index is 445. The van der Waals surface area contributed by atoms with E-state index < -0.39 is 11.7 Å². The molecule has 1 aliphatic rings. The lowest BCUT2D eigenvalue weighted by atomic mass is 10.2. The fourth-order valence-electron chi connectivity index (χ4n) is 2.22. The first-order valence-corrected chi connectivity index (χ1v) is 7.89. The largest absolute Gasteiger partial charge is 0.444 e. The first kappa shape index (κ1) is 19.1. The summed E-state index contributed by atoms with van der Waals surface area (Å²) in [5.74, 6) is 0.0527. The van der Waals surface area contributed by atoms with E-state index in [2.05, 4.69) is 16.0 Å². The quantitative estimate of drug-likeness (QED) is 0.651. The van der Waals surface area contributed by atoms with E-state index in [1.54, 1.807) is 25.7 Å². The van der Waals surface area contributed by atoms with Crippen LogP contribution in [0.15, 0.2) is 0 Å². The van der Waals surface area contributed by atoms with Gasteiger partial charge in [-0.25, -0.2) is 9.59 Å². The Hall–Kier alpha value is -1.99. The Labute approximate surface area is 137 Å².